The fourth-order valence-electron chi connectivity index (χ4n) is 2.43. The van der Waals surface area contributed by atoms with Crippen molar-refractivity contribution in [3.05, 3.63) is 51.7 Å². The third-order valence-electron chi connectivity index (χ3n) is 3.84. The molecular formula is C17H16N4S2. The second-order valence-electron chi connectivity index (χ2n) is 5.52. The van der Waals surface area contributed by atoms with Gasteiger partial charge in [-0.05, 0) is 48.6 Å². The summed E-state index contributed by atoms with van der Waals surface area (Å²) in [6.07, 6.45) is 0. The molecule has 23 heavy (non-hydrogen) atoms. The molecule has 3 heterocycles. The van der Waals surface area contributed by atoms with E-state index in [1.54, 1.807) is 23.1 Å². The lowest BCUT2D eigenvalue weighted by atomic mass is 10.1. The molecule has 0 saturated heterocycles. The summed E-state index contributed by atoms with van der Waals surface area (Å²) in [7, 11) is 0. The van der Waals surface area contributed by atoms with Crippen molar-refractivity contribution in [2.45, 2.75) is 24.6 Å². The summed E-state index contributed by atoms with van der Waals surface area (Å²) in [5.41, 5.74) is 5.41. The maximum atomic E-state index is 4.66. The first-order valence-electron chi connectivity index (χ1n) is 7.37. The predicted molar refractivity (Wildman–Crippen MR) is 97.0 cm³/mol. The molecule has 0 unspecified atom stereocenters. The van der Waals surface area contributed by atoms with Gasteiger partial charge in [0.05, 0.1) is 16.1 Å². The van der Waals surface area contributed by atoms with Crippen molar-refractivity contribution in [1.29, 1.82) is 0 Å². The second-order valence-corrected chi connectivity index (χ2v) is 7.57. The van der Waals surface area contributed by atoms with Crippen molar-refractivity contribution in [2.24, 2.45) is 0 Å². The number of hydrogen-bond acceptors (Lipinski definition) is 4. The zero-order valence-corrected chi connectivity index (χ0v) is 14.5. The third-order valence-corrected chi connectivity index (χ3v) is 5.88. The Balaban J connectivity index is 1.58. The van der Waals surface area contributed by atoms with Gasteiger partial charge in [-0.1, -0.05) is 6.07 Å². The zero-order valence-electron chi connectivity index (χ0n) is 12.9. The van der Waals surface area contributed by atoms with Crippen molar-refractivity contribution < 1.29 is 0 Å². The van der Waals surface area contributed by atoms with Crippen molar-refractivity contribution in [1.82, 2.24) is 20.2 Å². The van der Waals surface area contributed by atoms with Crippen LogP contribution in [0.4, 0.5) is 0 Å². The van der Waals surface area contributed by atoms with Crippen LogP contribution in [-0.4, -0.2) is 20.2 Å². The Bertz CT molecular complexity index is 911. The number of thioether (sulfide) groups is 1. The van der Waals surface area contributed by atoms with Gasteiger partial charge in [-0.15, -0.1) is 23.1 Å². The number of aromatic amines is 2. The summed E-state index contributed by atoms with van der Waals surface area (Å²) in [5, 5.41) is 10.6. The number of nitrogens with one attached hydrogen (secondary N) is 2. The fraction of sp³-hybridized carbons (Fsp3) is 0.176. The molecule has 0 bridgehead atoms. The van der Waals surface area contributed by atoms with Crippen LogP contribution in [0.3, 0.4) is 0 Å². The van der Waals surface area contributed by atoms with E-state index in [-0.39, 0.29) is 0 Å². The Hall–Kier alpha value is -2.05. The highest BCUT2D eigenvalue weighted by molar-refractivity contribution is 7.98. The maximum absolute atomic E-state index is 4.66. The SMILES string of the molecule is Cc1cc2nc(-c3cc(SCc4cccs4)[nH]n3)[nH]c2cc1C. The molecule has 116 valence electrons. The molecule has 1 aromatic carbocycles. The number of rotatable bonds is 4. The van der Waals surface area contributed by atoms with Gasteiger partial charge >= 0.3 is 0 Å². The number of fused-ring (bicyclic) bond motifs is 1. The zero-order chi connectivity index (χ0) is 15.8. The van der Waals surface area contributed by atoms with Crippen LogP contribution in [0.5, 0.6) is 0 Å². The van der Waals surface area contributed by atoms with Crippen molar-refractivity contribution in [3.63, 3.8) is 0 Å². The topological polar surface area (TPSA) is 57.4 Å². The van der Waals surface area contributed by atoms with Gasteiger partial charge in [0.25, 0.3) is 0 Å². The Morgan fingerprint density at radius 2 is 2.04 bits per heavy atom. The van der Waals surface area contributed by atoms with E-state index in [0.29, 0.717) is 0 Å². The Kier molecular flexibility index (Phi) is 3.71. The first-order chi connectivity index (χ1) is 11.2. The van der Waals surface area contributed by atoms with Crippen molar-refractivity contribution in [2.75, 3.05) is 0 Å². The van der Waals surface area contributed by atoms with E-state index in [1.165, 1.54) is 16.0 Å². The Morgan fingerprint density at radius 1 is 1.17 bits per heavy atom. The maximum Gasteiger partial charge on any atom is 0.159 e. The number of thiophene rings is 1. The first kappa shape index (κ1) is 14.5. The molecule has 3 aromatic heterocycles. The lowest BCUT2D eigenvalue weighted by Crippen LogP contribution is -1.79. The van der Waals surface area contributed by atoms with Gasteiger partial charge in [-0.25, -0.2) is 4.98 Å². The van der Waals surface area contributed by atoms with Crippen LogP contribution in [0.25, 0.3) is 22.6 Å². The summed E-state index contributed by atoms with van der Waals surface area (Å²) in [6.45, 7) is 4.22. The lowest BCUT2D eigenvalue weighted by Gasteiger charge is -1.97. The quantitative estimate of drug-likeness (QED) is 0.518. The minimum atomic E-state index is 0.809. The van der Waals surface area contributed by atoms with Crippen LogP contribution in [0.15, 0.2) is 40.7 Å². The summed E-state index contributed by atoms with van der Waals surface area (Å²) in [6, 6.07) is 10.5. The van der Waals surface area contributed by atoms with Gasteiger partial charge in [0, 0.05) is 16.7 Å². The van der Waals surface area contributed by atoms with Gasteiger partial charge < -0.3 is 4.98 Å². The van der Waals surface area contributed by atoms with Gasteiger partial charge in [-0.2, -0.15) is 5.10 Å². The number of aryl methyl sites for hydroxylation is 2. The number of hydrogen-bond donors (Lipinski definition) is 2. The smallest absolute Gasteiger partial charge is 0.159 e. The minimum absolute atomic E-state index is 0.809. The molecule has 4 aromatic rings. The molecule has 0 aliphatic carbocycles. The molecule has 6 heteroatoms. The number of aromatic nitrogens is 4. The molecule has 4 rings (SSSR count). The van der Waals surface area contributed by atoms with Crippen molar-refractivity contribution >= 4 is 34.1 Å². The molecule has 0 atom stereocenters. The molecule has 0 fully saturated rings. The molecule has 0 radical (unpaired) electrons. The Labute approximate surface area is 142 Å². The molecule has 0 spiro atoms. The second kappa shape index (κ2) is 5.86. The predicted octanol–water partition coefficient (Wildman–Crippen LogP) is 4.92. The van der Waals surface area contributed by atoms with Crippen LogP contribution in [0, 0.1) is 13.8 Å². The average molecular weight is 340 g/mol. The monoisotopic (exact) mass is 340 g/mol. The summed E-state index contributed by atoms with van der Waals surface area (Å²) >= 11 is 3.53. The van der Waals surface area contributed by atoms with E-state index in [9.17, 15) is 0 Å². The number of nitrogens with zero attached hydrogens (tertiary/aromatic N) is 2. The largest absolute Gasteiger partial charge is 0.337 e. The first-order valence-corrected chi connectivity index (χ1v) is 9.23. The molecule has 4 nitrogen and oxygen atoms in total. The van der Waals surface area contributed by atoms with Crippen LogP contribution in [0.2, 0.25) is 0 Å². The molecule has 2 N–H and O–H groups in total. The van der Waals surface area contributed by atoms with Gasteiger partial charge in [-0.3, -0.25) is 5.10 Å². The third kappa shape index (κ3) is 2.92. The normalized spacial score (nSPS) is 11.4. The van der Waals surface area contributed by atoms with E-state index in [4.69, 9.17) is 0 Å². The van der Waals surface area contributed by atoms with Gasteiger partial charge in [0.2, 0.25) is 0 Å². The van der Waals surface area contributed by atoms with E-state index in [0.717, 1.165) is 33.3 Å². The summed E-state index contributed by atoms with van der Waals surface area (Å²) in [4.78, 5) is 9.39. The molecule has 0 saturated carbocycles. The summed E-state index contributed by atoms with van der Waals surface area (Å²) < 4.78 is 0. The van der Waals surface area contributed by atoms with Crippen LogP contribution in [-0.2, 0) is 5.75 Å². The molecule has 0 amide bonds. The highest BCUT2D eigenvalue weighted by Crippen LogP contribution is 2.27. The molecule has 0 aliphatic rings. The van der Waals surface area contributed by atoms with Gasteiger partial charge in [0.1, 0.15) is 5.69 Å². The van der Waals surface area contributed by atoms with Crippen LogP contribution < -0.4 is 0 Å². The van der Waals surface area contributed by atoms with E-state index < -0.39 is 0 Å². The van der Waals surface area contributed by atoms with E-state index >= 15 is 0 Å². The fourth-order valence-corrected chi connectivity index (χ4v) is 4.07. The van der Waals surface area contributed by atoms with Crippen LogP contribution >= 0.6 is 23.1 Å². The van der Waals surface area contributed by atoms with E-state index in [2.05, 4.69) is 69.7 Å². The average Bonchev–Trinajstić information content (AvgIpc) is 3.25. The highest BCUT2D eigenvalue weighted by atomic mass is 32.2. The number of H-pyrrole nitrogens is 2. The molecular weight excluding hydrogens is 324 g/mol. The lowest BCUT2D eigenvalue weighted by molar-refractivity contribution is 1.00. The van der Waals surface area contributed by atoms with Gasteiger partial charge in [0.15, 0.2) is 5.82 Å². The standard InChI is InChI=1S/C17H16N4S2/c1-10-6-13-14(7-11(10)2)19-17(18-13)15-8-16(21-20-15)23-9-12-4-3-5-22-12/h3-8H,9H2,1-2H3,(H,18,19)(H,20,21). The Morgan fingerprint density at radius 3 is 2.87 bits per heavy atom. The minimum Gasteiger partial charge on any atom is -0.337 e. The van der Waals surface area contributed by atoms with E-state index in [1.807, 2.05) is 0 Å². The highest BCUT2D eigenvalue weighted by Gasteiger charge is 2.10. The van der Waals surface area contributed by atoms with Crippen molar-refractivity contribution in [3.8, 4) is 11.5 Å². The molecule has 0 aliphatic heterocycles. The van der Waals surface area contributed by atoms with Crippen LogP contribution in [0.1, 0.15) is 16.0 Å². The number of imidazole rings is 1. The summed E-state index contributed by atoms with van der Waals surface area (Å²) in [5.74, 6) is 1.77. The number of benzene rings is 1.